The third-order valence-electron chi connectivity index (χ3n) is 4.65. The van der Waals surface area contributed by atoms with Crippen molar-refractivity contribution in [2.75, 3.05) is 19.1 Å². The summed E-state index contributed by atoms with van der Waals surface area (Å²) in [6.07, 6.45) is 1.91. The molecule has 2 aromatic heterocycles. The highest BCUT2D eigenvalue weighted by Gasteiger charge is 2.19. The minimum atomic E-state index is 0.701. The van der Waals surface area contributed by atoms with Crippen molar-refractivity contribution in [3.63, 3.8) is 0 Å². The van der Waals surface area contributed by atoms with Crippen LogP contribution >= 0.6 is 11.3 Å². The van der Waals surface area contributed by atoms with Crippen LogP contribution in [0.1, 0.15) is 19.7 Å². The first kappa shape index (κ1) is 20.7. The smallest absolute Gasteiger partial charge is 0.379 e. The lowest BCUT2D eigenvalue weighted by Gasteiger charge is -2.21. The van der Waals surface area contributed by atoms with Gasteiger partial charge in [-0.1, -0.05) is 38.1 Å². The van der Waals surface area contributed by atoms with Crippen LogP contribution in [0.2, 0.25) is 0 Å². The monoisotopic (exact) mass is 407 g/mol. The van der Waals surface area contributed by atoms with Crippen LogP contribution in [-0.4, -0.2) is 14.2 Å². The number of anilines is 1. The Kier molecular flexibility index (Phi) is 6.73. The minimum absolute atomic E-state index is 0.701. The van der Waals surface area contributed by atoms with Crippen LogP contribution in [0, 0.1) is 0 Å². The minimum Gasteiger partial charge on any atom is -0.482 e. The standard InChI is InChI=1S/C22H21N2O2S.C2H6/c1-23(18-8-6-7-16(13-18)17-11-12-27-15-17)21(25-3)14-22-24(2)19-9-4-5-10-20(19)26-22;1-2/h4-15H,1-3H3;1-2H3/q+1;. The van der Waals surface area contributed by atoms with Crippen molar-refractivity contribution in [2.45, 2.75) is 13.8 Å². The molecular formula is C24H27N2O2S+. The summed E-state index contributed by atoms with van der Waals surface area (Å²) in [4.78, 5) is 2.02. The summed E-state index contributed by atoms with van der Waals surface area (Å²) in [5, 5.41) is 4.24. The summed E-state index contributed by atoms with van der Waals surface area (Å²) in [7, 11) is 5.65. The van der Waals surface area contributed by atoms with Gasteiger partial charge in [0, 0.05) is 18.8 Å². The van der Waals surface area contributed by atoms with E-state index in [2.05, 4.69) is 41.1 Å². The van der Waals surface area contributed by atoms with Crippen LogP contribution in [0.15, 0.2) is 75.7 Å². The number of aryl methyl sites for hydroxylation is 1. The highest BCUT2D eigenvalue weighted by atomic mass is 32.1. The number of ether oxygens (including phenoxy) is 1. The lowest BCUT2D eigenvalue weighted by Crippen LogP contribution is -2.30. The van der Waals surface area contributed by atoms with Crippen LogP contribution < -0.4 is 9.47 Å². The summed E-state index contributed by atoms with van der Waals surface area (Å²) in [6.45, 7) is 4.00. The number of hydrogen-bond acceptors (Lipinski definition) is 4. The molecule has 0 aliphatic carbocycles. The molecule has 4 nitrogen and oxygen atoms in total. The summed E-state index contributed by atoms with van der Waals surface area (Å²) in [5.41, 5.74) is 5.35. The highest BCUT2D eigenvalue weighted by molar-refractivity contribution is 7.08. The lowest BCUT2D eigenvalue weighted by atomic mass is 10.1. The Balaban J connectivity index is 0.00000117. The van der Waals surface area contributed by atoms with Crippen molar-refractivity contribution in [2.24, 2.45) is 7.05 Å². The number of aromatic nitrogens is 1. The maximum absolute atomic E-state index is 5.98. The van der Waals surface area contributed by atoms with E-state index in [4.69, 9.17) is 9.15 Å². The second-order valence-corrected chi connectivity index (χ2v) is 7.06. The molecule has 2 heterocycles. The number of rotatable bonds is 5. The fourth-order valence-electron chi connectivity index (χ4n) is 3.10. The van der Waals surface area contributed by atoms with Crippen LogP contribution in [0.4, 0.5) is 5.69 Å². The molecule has 0 aliphatic heterocycles. The van der Waals surface area contributed by atoms with Crippen molar-refractivity contribution in [1.29, 1.82) is 0 Å². The Labute approximate surface area is 176 Å². The van der Waals surface area contributed by atoms with Gasteiger partial charge in [0.05, 0.1) is 7.11 Å². The molecule has 0 aliphatic rings. The van der Waals surface area contributed by atoms with Crippen molar-refractivity contribution >= 4 is 34.2 Å². The van der Waals surface area contributed by atoms with Gasteiger partial charge in [-0.25, -0.2) is 0 Å². The van der Waals surface area contributed by atoms with E-state index in [0.717, 1.165) is 22.7 Å². The number of para-hydroxylation sites is 2. The first-order valence-corrected chi connectivity index (χ1v) is 10.6. The van der Waals surface area contributed by atoms with Gasteiger partial charge in [0.2, 0.25) is 11.5 Å². The molecular weight excluding hydrogens is 380 g/mol. The highest BCUT2D eigenvalue weighted by Crippen LogP contribution is 2.28. The third-order valence-corrected chi connectivity index (χ3v) is 5.33. The van der Waals surface area contributed by atoms with E-state index in [1.807, 2.05) is 67.8 Å². The molecule has 0 bridgehead atoms. The van der Waals surface area contributed by atoms with Crippen molar-refractivity contribution in [3.8, 4) is 11.1 Å². The average Bonchev–Trinajstić information content (AvgIpc) is 3.42. The summed E-state index contributed by atoms with van der Waals surface area (Å²) in [6, 6.07) is 18.5. The van der Waals surface area contributed by atoms with Crippen LogP contribution in [-0.2, 0) is 11.8 Å². The molecule has 0 N–H and O–H groups in total. The van der Waals surface area contributed by atoms with Gasteiger partial charge in [-0.2, -0.15) is 15.9 Å². The fourth-order valence-corrected chi connectivity index (χ4v) is 3.76. The van der Waals surface area contributed by atoms with Gasteiger partial charge in [0.15, 0.2) is 0 Å². The first-order valence-electron chi connectivity index (χ1n) is 9.67. The molecule has 5 heteroatoms. The van der Waals surface area contributed by atoms with Crippen LogP contribution in [0.25, 0.3) is 28.3 Å². The predicted molar refractivity (Wildman–Crippen MR) is 122 cm³/mol. The van der Waals surface area contributed by atoms with Crippen molar-refractivity contribution in [1.82, 2.24) is 0 Å². The zero-order valence-electron chi connectivity index (χ0n) is 17.5. The molecule has 29 heavy (non-hydrogen) atoms. The summed E-state index contributed by atoms with van der Waals surface area (Å²) >= 11 is 1.70. The molecule has 0 saturated carbocycles. The van der Waals surface area contributed by atoms with Gasteiger partial charge in [0.1, 0.15) is 13.1 Å². The molecule has 0 amide bonds. The molecule has 4 aromatic rings. The fraction of sp³-hybridized carbons (Fsp3) is 0.208. The second kappa shape index (κ2) is 9.43. The van der Waals surface area contributed by atoms with Gasteiger partial charge < -0.3 is 14.1 Å². The number of thiophene rings is 1. The second-order valence-electron chi connectivity index (χ2n) is 6.28. The van der Waals surface area contributed by atoms with Gasteiger partial charge in [-0.3, -0.25) is 0 Å². The first-order chi connectivity index (χ1) is 14.2. The molecule has 0 radical (unpaired) electrons. The predicted octanol–water partition coefficient (Wildman–Crippen LogP) is 6.09. The summed E-state index contributed by atoms with van der Waals surface area (Å²) < 4.78 is 13.7. The number of fused-ring (bicyclic) bond motifs is 1. The largest absolute Gasteiger partial charge is 0.482 e. The van der Waals surface area contributed by atoms with Gasteiger partial charge >= 0.3 is 5.89 Å². The van der Waals surface area contributed by atoms with Gasteiger partial charge in [-0.15, -0.1) is 0 Å². The van der Waals surface area contributed by atoms with E-state index >= 15 is 0 Å². The maximum atomic E-state index is 5.98. The van der Waals surface area contributed by atoms with Gasteiger partial charge in [0.25, 0.3) is 5.52 Å². The number of hydrogen-bond donors (Lipinski definition) is 0. The van der Waals surface area contributed by atoms with Gasteiger partial charge in [-0.05, 0) is 46.2 Å². The molecule has 0 spiro atoms. The van der Waals surface area contributed by atoms with E-state index in [1.54, 1.807) is 18.4 Å². The zero-order chi connectivity index (χ0) is 20.8. The Morgan fingerprint density at radius 1 is 1.07 bits per heavy atom. The number of methoxy groups -OCH3 is 1. The normalized spacial score (nSPS) is 11.1. The maximum Gasteiger partial charge on any atom is 0.379 e. The lowest BCUT2D eigenvalue weighted by molar-refractivity contribution is -0.652. The van der Waals surface area contributed by atoms with Crippen molar-refractivity contribution in [3.05, 3.63) is 77.1 Å². The number of nitrogens with zero attached hydrogens (tertiary/aromatic N) is 2. The Morgan fingerprint density at radius 3 is 2.55 bits per heavy atom. The SMILES string of the molecule is CC.COC(=Cc1oc2ccccc2[n+]1C)N(C)c1cccc(-c2ccsc2)c1. The van der Waals surface area contributed by atoms with E-state index in [-0.39, 0.29) is 0 Å². The average molecular weight is 408 g/mol. The molecule has 150 valence electrons. The Bertz CT molecular complexity index is 1100. The number of benzene rings is 2. The molecule has 0 saturated heterocycles. The van der Waals surface area contributed by atoms with E-state index in [0.29, 0.717) is 5.88 Å². The molecule has 0 atom stereocenters. The van der Waals surface area contributed by atoms with E-state index < -0.39 is 0 Å². The Morgan fingerprint density at radius 2 is 1.86 bits per heavy atom. The molecule has 4 rings (SSSR count). The molecule has 2 aromatic carbocycles. The summed E-state index contributed by atoms with van der Waals surface area (Å²) in [5.74, 6) is 1.43. The van der Waals surface area contributed by atoms with Crippen molar-refractivity contribution < 1.29 is 13.7 Å². The van der Waals surface area contributed by atoms with E-state index in [9.17, 15) is 0 Å². The number of oxazole rings is 1. The quantitative estimate of drug-likeness (QED) is 0.296. The van der Waals surface area contributed by atoms with Crippen LogP contribution in [0.5, 0.6) is 0 Å². The molecule has 0 fully saturated rings. The van der Waals surface area contributed by atoms with Crippen LogP contribution in [0.3, 0.4) is 0 Å². The molecule has 0 unspecified atom stereocenters. The van der Waals surface area contributed by atoms with E-state index in [1.165, 1.54) is 11.1 Å². The zero-order valence-corrected chi connectivity index (χ0v) is 18.4. The third kappa shape index (κ3) is 4.35. The topological polar surface area (TPSA) is 29.5 Å². The Hall–Kier alpha value is -3.05.